The smallest absolute Gasteiger partial charge is 0.314 e. The highest BCUT2D eigenvalue weighted by Gasteiger charge is 2.32. The molecule has 0 radical (unpaired) electrons. The highest BCUT2D eigenvalue weighted by Crippen LogP contribution is 2.12. The van der Waals surface area contributed by atoms with Gasteiger partial charge in [-0.2, -0.15) is 0 Å². The van der Waals surface area contributed by atoms with Crippen LogP contribution >= 0.6 is 11.3 Å². The van der Waals surface area contributed by atoms with Crippen molar-refractivity contribution in [3.05, 3.63) is 20.7 Å². The minimum atomic E-state index is -0.258. The Morgan fingerprint density at radius 3 is 2.76 bits per heavy atom. The lowest BCUT2D eigenvalue weighted by Crippen LogP contribution is -2.62. The van der Waals surface area contributed by atoms with Crippen LogP contribution in [0.4, 0.5) is 4.79 Å². The molecule has 7 nitrogen and oxygen atoms in total. The Labute approximate surface area is 101 Å². The molecule has 92 valence electrons. The zero-order valence-electron chi connectivity index (χ0n) is 9.15. The maximum Gasteiger partial charge on any atom is 0.314 e. The zero-order valence-corrected chi connectivity index (χ0v) is 9.97. The first-order chi connectivity index (χ1) is 8.10. The summed E-state index contributed by atoms with van der Waals surface area (Å²) in [6, 6.07) is -0.282. The summed E-state index contributed by atoms with van der Waals surface area (Å²) in [4.78, 5) is 37.5. The fraction of sp³-hybridized carbons (Fsp3) is 0.444. The van der Waals surface area contributed by atoms with Gasteiger partial charge in [0.2, 0.25) is 0 Å². The first-order valence-electron chi connectivity index (χ1n) is 5.05. The van der Waals surface area contributed by atoms with Crippen LogP contribution in [0, 0.1) is 0 Å². The van der Waals surface area contributed by atoms with E-state index in [4.69, 9.17) is 0 Å². The van der Waals surface area contributed by atoms with Gasteiger partial charge in [0, 0.05) is 25.5 Å². The molecular formula is C9H12N4O3S. The molecule has 3 amide bonds. The fourth-order valence-corrected chi connectivity index (χ4v) is 2.10. The van der Waals surface area contributed by atoms with E-state index in [9.17, 15) is 14.4 Å². The van der Waals surface area contributed by atoms with E-state index < -0.39 is 0 Å². The van der Waals surface area contributed by atoms with Gasteiger partial charge in [-0.15, -0.1) is 0 Å². The number of thiazole rings is 1. The van der Waals surface area contributed by atoms with Gasteiger partial charge in [0.05, 0.1) is 6.04 Å². The molecule has 2 rings (SSSR count). The molecule has 0 unspecified atom stereocenters. The van der Waals surface area contributed by atoms with Crippen molar-refractivity contribution in [2.45, 2.75) is 6.04 Å². The quantitative estimate of drug-likeness (QED) is 0.646. The highest BCUT2D eigenvalue weighted by molar-refractivity contribution is 7.07. The lowest BCUT2D eigenvalue weighted by Gasteiger charge is -2.39. The number of carbonyl (C=O) groups excluding carboxylic acids is 2. The van der Waals surface area contributed by atoms with Crippen LogP contribution in [0.25, 0.3) is 0 Å². The third kappa shape index (κ3) is 2.47. The predicted molar refractivity (Wildman–Crippen MR) is 62.2 cm³/mol. The summed E-state index contributed by atoms with van der Waals surface area (Å²) in [5.41, 5.74) is 0.304. The first kappa shape index (κ1) is 11.6. The Hall–Kier alpha value is -1.83. The molecule has 1 saturated heterocycles. The number of hydrogen-bond acceptors (Lipinski definition) is 4. The molecular weight excluding hydrogens is 244 g/mol. The number of nitrogens with one attached hydrogen (secondary N) is 3. The Morgan fingerprint density at radius 2 is 2.24 bits per heavy atom. The molecule has 0 bridgehead atoms. The molecule has 2 heterocycles. The number of aromatic nitrogens is 1. The maximum absolute atomic E-state index is 11.8. The topological polar surface area (TPSA) is 94.3 Å². The summed E-state index contributed by atoms with van der Waals surface area (Å²) in [5.74, 6) is -0.210. The second-order valence-electron chi connectivity index (χ2n) is 3.69. The number of H-pyrrole nitrogens is 1. The molecule has 0 aromatic carbocycles. The van der Waals surface area contributed by atoms with Gasteiger partial charge in [-0.3, -0.25) is 9.59 Å². The maximum atomic E-state index is 11.8. The number of carbonyl (C=O) groups is 2. The lowest BCUT2D eigenvalue weighted by molar-refractivity contribution is 0.0572. The van der Waals surface area contributed by atoms with Crippen molar-refractivity contribution in [1.82, 2.24) is 20.5 Å². The third-order valence-electron chi connectivity index (χ3n) is 2.48. The summed E-state index contributed by atoms with van der Waals surface area (Å²) in [6.07, 6.45) is 0. The standard InChI is InChI=1S/C9H12N4O3S/c1-10-8(15)11-5-2-13(3-5)7(14)6-4-17-9(16)12-6/h4-5H,2-3H2,1H3,(H,12,16)(H2,10,11,15). The van der Waals surface area contributed by atoms with Crippen molar-refractivity contribution in [2.24, 2.45) is 0 Å². The second-order valence-corrected chi connectivity index (χ2v) is 4.53. The van der Waals surface area contributed by atoms with E-state index >= 15 is 0 Å². The monoisotopic (exact) mass is 256 g/mol. The molecule has 17 heavy (non-hydrogen) atoms. The van der Waals surface area contributed by atoms with Crippen LogP contribution in [0.3, 0.4) is 0 Å². The van der Waals surface area contributed by atoms with Gasteiger partial charge in [0.1, 0.15) is 5.69 Å². The van der Waals surface area contributed by atoms with E-state index in [1.807, 2.05) is 0 Å². The number of aromatic amines is 1. The Morgan fingerprint density at radius 1 is 1.53 bits per heavy atom. The number of hydrogen-bond donors (Lipinski definition) is 3. The van der Waals surface area contributed by atoms with E-state index in [-0.39, 0.29) is 22.9 Å². The Bertz CT molecular complexity index is 488. The number of urea groups is 1. The summed E-state index contributed by atoms with van der Waals surface area (Å²) in [6.45, 7) is 0.925. The van der Waals surface area contributed by atoms with Crippen molar-refractivity contribution in [2.75, 3.05) is 20.1 Å². The van der Waals surface area contributed by atoms with Crippen LogP contribution in [-0.4, -0.2) is 48.0 Å². The molecule has 8 heteroatoms. The van der Waals surface area contributed by atoms with Crippen molar-refractivity contribution >= 4 is 23.3 Å². The molecule has 0 spiro atoms. The van der Waals surface area contributed by atoms with Gasteiger partial charge < -0.3 is 20.5 Å². The van der Waals surface area contributed by atoms with Gasteiger partial charge in [-0.05, 0) is 0 Å². The highest BCUT2D eigenvalue weighted by atomic mass is 32.1. The van der Waals surface area contributed by atoms with E-state index in [2.05, 4.69) is 15.6 Å². The molecule has 1 fully saturated rings. The predicted octanol–water partition coefficient (Wildman–Crippen LogP) is -0.810. The summed E-state index contributed by atoms with van der Waals surface area (Å²) < 4.78 is 0. The molecule has 1 aromatic heterocycles. The van der Waals surface area contributed by atoms with Gasteiger partial charge in [-0.25, -0.2) is 4.79 Å². The molecule has 0 atom stereocenters. The van der Waals surface area contributed by atoms with Crippen LogP contribution in [-0.2, 0) is 0 Å². The average molecular weight is 256 g/mol. The van der Waals surface area contributed by atoms with Crippen molar-refractivity contribution in [1.29, 1.82) is 0 Å². The molecule has 1 aromatic rings. The minimum absolute atomic E-state index is 0.0238. The molecule has 1 aliphatic rings. The van der Waals surface area contributed by atoms with Crippen LogP contribution in [0.1, 0.15) is 10.5 Å². The van der Waals surface area contributed by atoms with Crippen LogP contribution in [0.15, 0.2) is 10.2 Å². The largest absolute Gasteiger partial charge is 0.341 e. The number of amides is 3. The zero-order chi connectivity index (χ0) is 12.4. The summed E-state index contributed by atoms with van der Waals surface area (Å²) >= 11 is 0.961. The van der Waals surface area contributed by atoms with Gasteiger partial charge in [0.25, 0.3) is 5.91 Å². The van der Waals surface area contributed by atoms with Crippen molar-refractivity contribution in [3.8, 4) is 0 Å². The molecule has 0 saturated carbocycles. The van der Waals surface area contributed by atoms with Crippen molar-refractivity contribution < 1.29 is 9.59 Å². The van der Waals surface area contributed by atoms with E-state index in [0.29, 0.717) is 18.8 Å². The van der Waals surface area contributed by atoms with Gasteiger partial charge >= 0.3 is 10.9 Å². The van der Waals surface area contributed by atoms with Gasteiger partial charge in [-0.1, -0.05) is 11.3 Å². The lowest BCUT2D eigenvalue weighted by atomic mass is 10.1. The van der Waals surface area contributed by atoms with Gasteiger partial charge in [0.15, 0.2) is 0 Å². The summed E-state index contributed by atoms with van der Waals surface area (Å²) in [7, 11) is 1.53. The van der Waals surface area contributed by atoms with Crippen LogP contribution in [0.5, 0.6) is 0 Å². The Kier molecular flexibility index (Phi) is 3.14. The van der Waals surface area contributed by atoms with E-state index in [1.165, 1.54) is 12.4 Å². The number of rotatable bonds is 2. The van der Waals surface area contributed by atoms with Crippen LogP contribution in [0.2, 0.25) is 0 Å². The molecule has 1 aliphatic heterocycles. The normalized spacial score (nSPS) is 15.2. The summed E-state index contributed by atoms with van der Waals surface area (Å²) in [5, 5.41) is 6.64. The van der Waals surface area contributed by atoms with E-state index in [1.54, 1.807) is 4.90 Å². The molecule has 0 aliphatic carbocycles. The van der Waals surface area contributed by atoms with E-state index in [0.717, 1.165) is 11.3 Å². The number of nitrogens with zero attached hydrogens (tertiary/aromatic N) is 1. The second kappa shape index (κ2) is 4.58. The SMILES string of the molecule is CNC(=O)NC1CN(C(=O)c2csc(=O)[nH]2)C1. The minimum Gasteiger partial charge on any atom is -0.341 e. The van der Waals surface area contributed by atoms with Crippen molar-refractivity contribution in [3.63, 3.8) is 0 Å². The van der Waals surface area contributed by atoms with Crippen LogP contribution < -0.4 is 15.5 Å². The third-order valence-corrected chi connectivity index (χ3v) is 3.15. The fourth-order valence-electron chi connectivity index (χ4n) is 1.55. The number of likely N-dealkylation sites (tertiary alicyclic amines) is 1. The average Bonchev–Trinajstić information content (AvgIpc) is 2.68. The molecule has 3 N–H and O–H groups in total. The first-order valence-corrected chi connectivity index (χ1v) is 5.93. The Balaban J connectivity index is 1.86.